The van der Waals surface area contributed by atoms with Gasteiger partial charge in [0.25, 0.3) is 5.56 Å². The molecule has 0 aliphatic carbocycles. The average Bonchev–Trinajstić information content (AvgIpc) is 2.26. The monoisotopic (exact) mass is 209 g/mol. The van der Waals surface area contributed by atoms with Crippen molar-refractivity contribution in [2.45, 2.75) is 26.2 Å². The molecule has 0 aromatic carbocycles. The molecule has 1 fully saturated rings. The number of nitrogens with zero attached hydrogens (tertiary/aromatic N) is 2. The first-order valence-electron chi connectivity index (χ1n) is 5.23. The van der Waals surface area contributed by atoms with E-state index in [9.17, 15) is 9.90 Å². The lowest BCUT2D eigenvalue weighted by Crippen LogP contribution is -2.32. The first-order chi connectivity index (χ1) is 7.18. The normalized spacial score (nSPS) is 16.7. The first-order valence-corrected chi connectivity index (χ1v) is 5.23. The number of rotatable bonds is 1. The molecule has 15 heavy (non-hydrogen) atoms. The summed E-state index contributed by atoms with van der Waals surface area (Å²) in [6, 6.07) is 0. The van der Waals surface area contributed by atoms with Crippen molar-refractivity contribution in [1.29, 1.82) is 0 Å². The standard InChI is InChI=1S/C10H15N3O2/c1-7-8(14)9(15)12-10(11-7)13-5-3-2-4-6-13/h14H,2-6H2,1H3,(H,11,12,15). The van der Waals surface area contributed by atoms with Crippen molar-refractivity contribution in [3.63, 3.8) is 0 Å². The topological polar surface area (TPSA) is 69.2 Å². The summed E-state index contributed by atoms with van der Waals surface area (Å²) in [4.78, 5) is 20.2. The number of hydrogen-bond acceptors (Lipinski definition) is 4. The van der Waals surface area contributed by atoms with E-state index in [0.717, 1.165) is 25.9 Å². The smallest absolute Gasteiger partial charge is 0.294 e. The molecule has 0 saturated carbocycles. The van der Waals surface area contributed by atoms with Gasteiger partial charge >= 0.3 is 0 Å². The lowest BCUT2D eigenvalue weighted by atomic mass is 10.1. The predicted molar refractivity (Wildman–Crippen MR) is 57.3 cm³/mol. The molecule has 5 heteroatoms. The van der Waals surface area contributed by atoms with Crippen LogP contribution in [0.25, 0.3) is 0 Å². The van der Waals surface area contributed by atoms with Gasteiger partial charge in [-0.15, -0.1) is 0 Å². The highest BCUT2D eigenvalue weighted by Gasteiger charge is 2.15. The van der Waals surface area contributed by atoms with Crippen molar-refractivity contribution in [2.75, 3.05) is 18.0 Å². The van der Waals surface area contributed by atoms with Crippen LogP contribution in [0.2, 0.25) is 0 Å². The number of aromatic hydroxyl groups is 1. The van der Waals surface area contributed by atoms with E-state index in [1.165, 1.54) is 6.42 Å². The Bertz CT molecular complexity index is 408. The van der Waals surface area contributed by atoms with Crippen molar-refractivity contribution >= 4 is 5.95 Å². The fraction of sp³-hybridized carbons (Fsp3) is 0.600. The summed E-state index contributed by atoms with van der Waals surface area (Å²) in [7, 11) is 0. The number of aromatic nitrogens is 2. The van der Waals surface area contributed by atoms with Crippen LogP contribution in [-0.2, 0) is 0 Å². The maximum atomic E-state index is 11.3. The van der Waals surface area contributed by atoms with E-state index >= 15 is 0 Å². The third-order valence-electron chi connectivity index (χ3n) is 2.71. The molecular weight excluding hydrogens is 194 g/mol. The van der Waals surface area contributed by atoms with E-state index in [1.54, 1.807) is 6.92 Å². The largest absolute Gasteiger partial charge is 0.502 e. The van der Waals surface area contributed by atoms with Gasteiger partial charge in [-0.2, -0.15) is 0 Å². The van der Waals surface area contributed by atoms with Crippen molar-refractivity contribution in [1.82, 2.24) is 9.97 Å². The molecular formula is C10H15N3O2. The van der Waals surface area contributed by atoms with Crippen LogP contribution in [-0.4, -0.2) is 28.2 Å². The number of aromatic amines is 1. The third kappa shape index (κ3) is 1.95. The second-order valence-electron chi connectivity index (χ2n) is 3.87. The van der Waals surface area contributed by atoms with Gasteiger partial charge in [0.05, 0.1) is 5.69 Å². The fourth-order valence-corrected chi connectivity index (χ4v) is 1.82. The lowest BCUT2D eigenvalue weighted by Gasteiger charge is -2.27. The molecule has 5 nitrogen and oxygen atoms in total. The molecule has 0 amide bonds. The Labute approximate surface area is 87.8 Å². The number of aryl methyl sites for hydroxylation is 1. The van der Waals surface area contributed by atoms with Gasteiger partial charge in [0.1, 0.15) is 0 Å². The predicted octanol–water partition coefficient (Wildman–Crippen LogP) is 0.774. The Hall–Kier alpha value is -1.52. The minimum absolute atomic E-state index is 0.282. The van der Waals surface area contributed by atoms with Gasteiger partial charge in [0, 0.05) is 13.1 Å². The zero-order valence-corrected chi connectivity index (χ0v) is 8.79. The maximum absolute atomic E-state index is 11.3. The highest BCUT2D eigenvalue weighted by Crippen LogP contribution is 2.16. The Morgan fingerprint density at radius 1 is 1.33 bits per heavy atom. The molecule has 1 saturated heterocycles. The SMILES string of the molecule is Cc1nc(N2CCCCC2)[nH]c(=O)c1O. The Morgan fingerprint density at radius 3 is 2.60 bits per heavy atom. The van der Waals surface area contributed by atoms with E-state index in [-0.39, 0.29) is 5.75 Å². The minimum atomic E-state index is -0.455. The van der Waals surface area contributed by atoms with Crippen LogP contribution in [0, 0.1) is 6.92 Å². The van der Waals surface area contributed by atoms with Crippen LogP contribution in [0.1, 0.15) is 25.0 Å². The molecule has 0 radical (unpaired) electrons. The second-order valence-corrected chi connectivity index (χ2v) is 3.87. The number of H-pyrrole nitrogens is 1. The summed E-state index contributed by atoms with van der Waals surface area (Å²) in [5.74, 6) is 0.297. The number of anilines is 1. The van der Waals surface area contributed by atoms with Crippen LogP contribution in [0.5, 0.6) is 5.75 Å². The molecule has 1 aliphatic heterocycles. The van der Waals surface area contributed by atoms with E-state index in [0.29, 0.717) is 11.6 Å². The van der Waals surface area contributed by atoms with Crippen LogP contribution < -0.4 is 10.5 Å². The van der Waals surface area contributed by atoms with Crippen LogP contribution in [0.15, 0.2) is 4.79 Å². The summed E-state index contributed by atoms with van der Waals surface area (Å²) in [6.45, 7) is 3.48. The summed E-state index contributed by atoms with van der Waals surface area (Å²) in [5, 5.41) is 9.30. The van der Waals surface area contributed by atoms with Crippen molar-refractivity contribution in [3.8, 4) is 5.75 Å². The zero-order valence-electron chi connectivity index (χ0n) is 8.79. The molecule has 0 spiro atoms. The van der Waals surface area contributed by atoms with E-state index < -0.39 is 5.56 Å². The van der Waals surface area contributed by atoms with Crippen molar-refractivity contribution in [2.24, 2.45) is 0 Å². The minimum Gasteiger partial charge on any atom is -0.502 e. The molecule has 1 aromatic heterocycles. The lowest BCUT2D eigenvalue weighted by molar-refractivity contribution is 0.457. The Morgan fingerprint density at radius 2 is 2.00 bits per heavy atom. The first kappa shape index (κ1) is 10.0. The fourth-order valence-electron chi connectivity index (χ4n) is 1.82. The summed E-state index contributed by atoms with van der Waals surface area (Å²) >= 11 is 0. The maximum Gasteiger partial charge on any atom is 0.294 e. The molecule has 0 bridgehead atoms. The van der Waals surface area contributed by atoms with Gasteiger partial charge in [0.15, 0.2) is 0 Å². The highest BCUT2D eigenvalue weighted by molar-refractivity contribution is 5.35. The number of nitrogens with one attached hydrogen (secondary N) is 1. The van der Waals surface area contributed by atoms with Crippen molar-refractivity contribution in [3.05, 3.63) is 16.0 Å². The Balaban J connectivity index is 2.32. The van der Waals surface area contributed by atoms with Gasteiger partial charge in [-0.05, 0) is 26.2 Å². The van der Waals surface area contributed by atoms with Gasteiger partial charge < -0.3 is 10.0 Å². The summed E-state index contributed by atoms with van der Waals surface area (Å²) < 4.78 is 0. The quantitative estimate of drug-likeness (QED) is 0.717. The summed E-state index contributed by atoms with van der Waals surface area (Å²) in [5.41, 5.74) is -0.0672. The molecule has 0 unspecified atom stereocenters. The van der Waals surface area contributed by atoms with Crippen LogP contribution >= 0.6 is 0 Å². The van der Waals surface area contributed by atoms with E-state index in [2.05, 4.69) is 14.9 Å². The van der Waals surface area contributed by atoms with Gasteiger partial charge in [-0.25, -0.2) is 4.98 Å². The molecule has 2 N–H and O–H groups in total. The molecule has 82 valence electrons. The third-order valence-corrected chi connectivity index (χ3v) is 2.71. The molecule has 2 rings (SSSR count). The number of piperidine rings is 1. The van der Waals surface area contributed by atoms with E-state index in [4.69, 9.17) is 0 Å². The summed E-state index contributed by atoms with van der Waals surface area (Å²) in [6.07, 6.45) is 3.49. The molecule has 1 aliphatic rings. The second kappa shape index (κ2) is 3.92. The zero-order chi connectivity index (χ0) is 10.8. The van der Waals surface area contributed by atoms with Crippen LogP contribution in [0.4, 0.5) is 5.95 Å². The molecule has 1 aromatic rings. The number of hydrogen-bond donors (Lipinski definition) is 2. The van der Waals surface area contributed by atoms with Gasteiger partial charge in [0.2, 0.25) is 11.7 Å². The van der Waals surface area contributed by atoms with Gasteiger partial charge in [-0.3, -0.25) is 9.78 Å². The van der Waals surface area contributed by atoms with Crippen LogP contribution in [0.3, 0.4) is 0 Å². The molecule has 0 atom stereocenters. The Kier molecular flexibility index (Phi) is 2.62. The van der Waals surface area contributed by atoms with Crippen molar-refractivity contribution < 1.29 is 5.11 Å². The average molecular weight is 209 g/mol. The molecule has 2 heterocycles. The highest BCUT2D eigenvalue weighted by atomic mass is 16.3. The van der Waals surface area contributed by atoms with Gasteiger partial charge in [-0.1, -0.05) is 0 Å². The van der Waals surface area contributed by atoms with E-state index in [1.807, 2.05) is 0 Å².